The average molecular weight is 291 g/mol. The Bertz CT molecular complexity index is 741. The molecule has 0 saturated carbocycles. The lowest BCUT2D eigenvalue weighted by atomic mass is 10.1. The molecule has 0 unspecified atom stereocenters. The Morgan fingerprint density at radius 2 is 2.10 bits per heavy atom. The lowest BCUT2D eigenvalue weighted by molar-refractivity contribution is 0.610. The summed E-state index contributed by atoms with van der Waals surface area (Å²) < 4.78 is 15.2. The van der Waals surface area contributed by atoms with Crippen LogP contribution in [0.1, 0.15) is 5.56 Å². The fraction of sp³-hybridized carbons (Fsp3) is 0.143. The van der Waals surface area contributed by atoms with Gasteiger partial charge in [0.15, 0.2) is 5.65 Å². The molecule has 0 atom stereocenters. The first-order valence-corrected chi connectivity index (χ1v) is 6.59. The summed E-state index contributed by atoms with van der Waals surface area (Å²) in [6.07, 6.45) is 2.23. The van der Waals surface area contributed by atoms with Crippen LogP contribution in [0.15, 0.2) is 42.6 Å². The Morgan fingerprint density at radius 1 is 1.25 bits per heavy atom. The van der Waals surface area contributed by atoms with Gasteiger partial charge in [-0.3, -0.25) is 0 Å². The summed E-state index contributed by atoms with van der Waals surface area (Å²) in [4.78, 5) is 4.14. The van der Waals surface area contributed by atoms with Gasteiger partial charge in [-0.25, -0.2) is 9.37 Å². The molecule has 0 aliphatic carbocycles. The molecule has 0 fully saturated rings. The van der Waals surface area contributed by atoms with Crippen molar-refractivity contribution >= 4 is 23.1 Å². The van der Waals surface area contributed by atoms with Crippen molar-refractivity contribution in [1.29, 1.82) is 0 Å². The van der Waals surface area contributed by atoms with E-state index in [1.54, 1.807) is 35.0 Å². The standard InChI is InChI=1S/C14H12ClFN4/c15-12-9-14(20-13(19-12)6-8-18-20)17-7-5-10-3-1-2-4-11(10)16/h1-4,6,8-9,17H,5,7H2. The van der Waals surface area contributed by atoms with Crippen molar-refractivity contribution in [1.82, 2.24) is 14.6 Å². The van der Waals surface area contributed by atoms with E-state index in [1.165, 1.54) is 6.07 Å². The average Bonchev–Trinajstić information content (AvgIpc) is 2.89. The molecule has 2 heterocycles. The van der Waals surface area contributed by atoms with E-state index in [2.05, 4.69) is 15.4 Å². The van der Waals surface area contributed by atoms with Crippen LogP contribution in [-0.4, -0.2) is 21.1 Å². The van der Waals surface area contributed by atoms with E-state index in [4.69, 9.17) is 11.6 Å². The quantitative estimate of drug-likeness (QED) is 0.751. The van der Waals surface area contributed by atoms with Gasteiger partial charge in [0.25, 0.3) is 0 Å². The van der Waals surface area contributed by atoms with Crippen molar-refractivity contribution in [3.63, 3.8) is 0 Å². The number of hydrogen-bond donors (Lipinski definition) is 1. The molecule has 0 amide bonds. The zero-order chi connectivity index (χ0) is 13.9. The molecular weight excluding hydrogens is 279 g/mol. The van der Waals surface area contributed by atoms with Crippen LogP contribution in [0.25, 0.3) is 5.65 Å². The third-order valence-electron chi connectivity index (χ3n) is 2.99. The molecule has 3 aromatic rings. The number of anilines is 1. The fourth-order valence-electron chi connectivity index (χ4n) is 2.03. The highest BCUT2D eigenvalue weighted by Crippen LogP contribution is 2.16. The molecule has 1 N–H and O–H groups in total. The molecule has 0 bridgehead atoms. The zero-order valence-corrected chi connectivity index (χ0v) is 11.3. The molecule has 2 aromatic heterocycles. The van der Waals surface area contributed by atoms with Crippen LogP contribution in [0.2, 0.25) is 5.15 Å². The molecule has 4 nitrogen and oxygen atoms in total. The van der Waals surface area contributed by atoms with E-state index in [0.29, 0.717) is 29.3 Å². The number of benzene rings is 1. The van der Waals surface area contributed by atoms with Gasteiger partial charge < -0.3 is 5.32 Å². The predicted molar refractivity (Wildman–Crippen MR) is 76.6 cm³/mol. The van der Waals surface area contributed by atoms with Crippen LogP contribution in [0, 0.1) is 5.82 Å². The normalized spacial score (nSPS) is 10.9. The Morgan fingerprint density at radius 3 is 2.95 bits per heavy atom. The minimum atomic E-state index is -0.189. The first-order valence-electron chi connectivity index (χ1n) is 6.21. The fourth-order valence-corrected chi connectivity index (χ4v) is 2.22. The third-order valence-corrected chi connectivity index (χ3v) is 3.18. The summed E-state index contributed by atoms with van der Waals surface area (Å²) in [5, 5.41) is 7.76. The molecule has 6 heteroatoms. The van der Waals surface area contributed by atoms with Crippen LogP contribution in [0.3, 0.4) is 0 Å². The summed E-state index contributed by atoms with van der Waals surface area (Å²) in [7, 11) is 0. The number of aromatic nitrogens is 3. The third kappa shape index (κ3) is 2.58. The van der Waals surface area contributed by atoms with E-state index in [-0.39, 0.29) is 5.82 Å². The number of fused-ring (bicyclic) bond motifs is 1. The lowest BCUT2D eigenvalue weighted by Gasteiger charge is -2.09. The Kier molecular flexibility index (Phi) is 3.52. The summed E-state index contributed by atoms with van der Waals surface area (Å²) in [5.41, 5.74) is 1.35. The van der Waals surface area contributed by atoms with Crippen LogP contribution in [0.4, 0.5) is 10.2 Å². The molecular formula is C14H12ClFN4. The number of hydrogen-bond acceptors (Lipinski definition) is 3. The monoisotopic (exact) mass is 290 g/mol. The summed E-state index contributed by atoms with van der Waals surface area (Å²) in [6, 6.07) is 10.2. The van der Waals surface area contributed by atoms with Gasteiger partial charge in [-0.15, -0.1) is 0 Å². The number of nitrogens with one attached hydrogen (secondary N) is 1. The van der Waals surface area contributed by atoms with Gasteiger partial charge in [0, 0.05) is 18.7 Å². The van der Waals surface area contributed by atoms with Crippen molar-refractivity contribution in [2.75, 3.05) is 11.9 Å². The number of nitrogens with zero attached hydrogens (tertiary/aromatic N) is 3. The van der Waals surface area contributed by atoms with Crippen LogP contribution in [0.5, 0.6) is 0 Å². The molecule has 0 saturated heterocycles. The van der Waals surface area contributed by atoms with E-state index < -0.39 is 0 Å². The first kappa shape index (κ1) is 12.9. The molecule has 0 spiro atoms. The van der Waals surface area contributed by atoms with Crippen molar-refractivity contribution < 1.29 is 4.39 Å². The summed E-state index contributed by atoms with van der Waals surface area (Å²) in [6.45, 7) is 0.580. The summed E-state index contributed by atoms with van der Waals surface area (Å²) in [5.74, 6) is 0.549. The van der Waals surface area contributed by atoms with Crippen molar-refractivity contribution in [3.8, 4) is 0 Å². The Balaban J connectivity index is 1.74. The molecule has 102 valence electrons. The molecule has 0 aliphatic rings. The second kappa shape index (κ2) is 5.46. The van der Waals surface area contributed by atoms with Gasteiger partial charge in [0.05, 0.1) is 6.20 Å². The number of halogens is 2. The highest BCUT2D eigenvalue weighted by molar-refractivity contribution is 6.29. The molecule has 0 radical (unpaired) electrons. The van der Waals surface area contributed by atoms with Gasteiger partial charge in [-0.1, -0.05) is 29.8 Å². The van der Waals surface area contributed by atoms with Gasteiger partial charge in [-0.05, 0) is 18.1 Å². The minimum Gasteiger partial charge on any atom is -0.370 e. The maximum Gasteiger partial charge on any atom is 0.159 e. The second-order valence-corrected chi connectivity index (χ2v) is 4.72. The highest BCUT2D eigenvalue weighted by Gasteiger charge is 2.05. The van der Waals surface area contributed by atoms with Gasteiger partial charge in [0.2, 0.25) is 0 Å². The number of rotatable bonds is 4. The smallest absolute Gasteiger partial charge is 0.159 e. The van der Waals surface area contributed by atoms with Crippen molar-refractivity contribution in [2.45, 2.75) is 6.42 Å². The SMILES string of the molecule is Fc1ccccc1CCNc1cc(Cl)nc2ccnn12. The first-order chi connectivity index (χ1) is 9.74. The topological polar surface area (TPSA) is 42.2 Å². The van der Waals surface area contributed by atoms with Crippen LogP contribution in [-0.2, 0) is 6.42 Å². The van der Waals surface area contributed by atoms with Gasteiger partial charge in [0.1, 0.15) is 16.8 Å². The second-order valence-electron chi connectivity index (χ2n) is 4.33. The zero-order valence-electron chi connectivity index (χ0n) is 10.6. The van der Waals surface area contributed by atoms with Crippen molar-refractivity contribution in [2.24, 2.45) is 0 Å². The lowest BCUT2D eigenvalue weighted by Crippen LogP contribution is -2.10. The maximum atomic E-state index is 13.5. The molecule has 0 aliphatic heterocycles. The van der Waals surface area contributed by atoms with Crippen LogP contribution < -0.4 is 5.32 Å². The summed E-state index contributed by atoms with van der Waals surface area (Å²) >= 11 is 5.95. The van der Waals surface area contributed by atoms with Crippen LogP contribution >= 0.6 is 11.6 Å². The van der Waals surface area contributed by atoms with Gasteiger partial charge >= 0.3 is 0 Å². The molecule has 20 heavy (non-hydrogen) atoms. The molecule has 3 rings (SSSR count). The van der Waals surface area contributed by atoms with E-state index in [9.17, 15) is 4.39 Å². The van der Waals surface area contributed by atoms with E-state index in [1.807, 2.05) is 6.07 Å². The van der Waals surface area contributed by atoms with E-state index >= 15 is 0 Å². The highest BCUT2D eigenvalue weighted by atomic mass is 35.5. The maximum absolute atomic E-state index is 13.5. The van der Waals surface area contributed by atoms with E-state index in [0.717, 1.165) is 5.82 Å². The minimum absolute atomic E-state index is 0.189. The predicted octanol–water partition coefficient (Wildman–Crippen LogP) is 3.18. The molecule has 1 aromatic carbocycles. The van der Waals surface area contributed by atoms with Crippen molar-refractivity contribution in [3.05, 3.63) is 59.1 Å². The Labute approximate surface area is 120 Å². The Hall–Kier alpha value is -2.14. The largest absolute Gasteiger partial charge is 0.370 e. The van der Waals surface area contributed by atoms with Gasteiger partial charge in [-0.2, -0.15) is 9.61 Å².